The van der Waals surface area contributed by atoms with Crippen molar-refractivity contribution >= 4 is 34.0 Å². The summed E-state index contributed by atoms with van der Waals surface area (Å²) in [5.41, 5.74) is 0.490. The van der Waals surface area contributed by atoms with Gasteiger partial charge in [-0.15, -0.1) is 10.2 Å². The third-order valence-electron chi connectivity index (χ3n) is 3.56. The fraction of sp³-hybridized carbons (Fsp3) is 0.444. The number of benzene rings is 1. The number of anilines is 2. The van der Waals surface area contributed by atoms with E-state index < -0.39 is 0 Å². The summed E-state index contributed by atoms with van der Waals surface area (Å²) in [7, 11) is 3.05. The van der Waals surface area contributed by atoms with Crippen LogP contribution in [0.15, 0.2) is 18.2 Å². The fourth-order valence-electron chi connectivity index (χ4n) is 2.27. The van der Waals surface area contributed by atoms with E-state index in [2.05, 4.69) is 34.7 Å². The summed E-state index contributed by atoms with van der Waals surface area (Å²) in [6.07, 6.45) is 0.888. The molecule has 0 aliphatic rings. The zero-order valence-electron chi connectivity index (χ0n) is 15.9. The number of ether oxygens (including phenoxy) is 2. The normalized spacial score (nSPS) is 10.6. The van der Waals surface area contributed by atoms with Gasteiger partial charge >= 0.3 is 0 Å². The van der Waals surface area contributed by atoms with Gasteiger partial charge in [0.05, 0.1) is 19.9 Å². The second-order valence-corrected chi connectivity index (χ2v) is 7.32. The Hall–Kier alpha value is -2.68. The van der Waals surface area contributed by atoms with Gasteiger partial charge in [-0.05, 0) is 18.1 Å². The Morgan fingerprint density at radius 2 is 1.78 bits per heavy atom. The highest BCUT2D eigenvalue weighted by molar-refractivity contribution is 7.15. The van der Waals surface area contributed by atoms with Gasteiger partial charge in [0, 0.05) is 25.3 Å². The average Bonchev–Trinajstić information content (AvgIpc) is 3.05. The predicted octanol–water partition coefficient (Wildman–Crippen LogP) is 3.11. The zero-order valence-corrected chi connectivity index (χ0v) is 16.7. The molecule has 9 heteroatoms. The van der Waals surface area contributed by atoms with E-state index in [1.807, 2.05) is 0 Å². The topological polar surface area (TPSA) is 102 Å². The molecule has 0 aliphatic carbocycles. The van der Waals surface area contributed by atoms with E-state index in [4.69, 9.17) is 9.47 Å². The van der Waals surface area contributed by atoms with Crippen LogP contribution in [0.3, 0.4) is 0 Å². The monoisotopic (exact) mass is 392 g/mol. The number of aromatic nitrogens is 2. The van der Waals surface area contributed by atoms with Crippen LogP contribution >= 0.6 is 11.3 Å². The largest absolute Gasteiger partial charge is 0.497 e. The molecule has 0 bridgehead atoms. The molecular formula is C18H24N4O4S. The number of hydrogen-bond donors (Lipinski definition) is 2. The van der Waals surface area contributed by atoms with E-state index in [0.717, 1.165) is 11.4 Å². The van der Waals surface area contributed by atoms with Gasteiger partial charge in [0.1, 0.15) is 16.5 Å². The lowest BCUT2D eigenvalue weighted by atomic mass is 10.1. The summed E-state index contributed by atoms with van der Waals surface area (Å²) in [5, 5.41) is 14.7. The number of methoxy groups -OCH3 is 2. The van der Waals surface area contributed by atoms with E-state index in [-0.39, 0.29) is 24.7 Å². The van der Waals surface area contributed by atoms with Crippen LogP contribution in [0.4, 0.5) is 10.8 Å². The van der Waals surface area contributed by atoms with E-state index in [1.54, 1.807) is 18.2 Å². The number of nitrogens with one attached hydrogen (secondary N) is 2. The molecule has 0 aliphatic heterocycles. The van der Waals surface area contributed by atoms with Crippen LogP contribution in [-0.2, 0) is 16.0 Å². The van der Waals surface area contributed by atoms with Gasteiger partial charge in [-0.2, -0.15) is 0 Å². The summed E-state index contributed by atoms with van der Waals surface area (Å²) in [6.45, 7) is 4.19. The molecule has 0 radical (unpaired) electrons. The molecule has 0 unspecified atom stereocenters. The molecule has 1 aromatic heterocycles. The van der Waals surface area contributed by atoms with Crippen molar-refractivity contribution in [2.75, 3.05) is 24.9 Å². The Morgan fingerprint density at radius 1 is 1.07 bits per heavy atom. The van der Waals surface area contributed by atoms with Gasteiger partial charge in [0.2, 0.25) is 16.9 Å². The van der Waals surface area contributed by atoms with Gasteiger partial charge in [-0.1, -0.05) is 25.2 Å². The number of carbonyl (C=O) groups excluding carboxylic acids is 2. The van der Waals surface area contributed by atoms with Crippen LogP contribution < -0.4 is 20.1 Å². The molecule has 2 rings (SSSR count). The highest BCUT2D eigenvalue weighted by Gasteiger charge is 2.13. The molecule has 2 amide bonds. The van der Waals surface area contributed by atoms with Crippen molar-refractivity contribution in [3.8, 4) is 11.5 Å². The van der Waals surface area contributed by atoms with Crippen molar-refractivity contribution in [1.29, 1.82) is 0 Å². The van der Waals surface area contributed by atoms with Crippen molar-refractivity contribution in [1.82, 2.24) is 10.2 Å². The van der Waals surface area contributed by atoms with Crippen LogP contribution in [0.1, 0.15) is 31.7 Å². The molecule has 27 heavy (non-hydrogen) atoms. The van der Waals surface area contributed by atoms with Gasteiger partial charge in [0.25, 0.3) is 0 Å². The molecule has 0 saturated carbocycles. The minimum absolute atomic E-state index is 0.0316. The van der Waals surface area contributed by atoms with E-state index >= 15 is 0 Å². The third kappa shape index (κ3) is 6.52. The number of nitrogens with zero attached hydrogens (tertiary/aromatic N) is 2. The molecule has 0 saturated heterocycles. The van der Waals surface area contributed by atoms with Crippen molar-refractivity contribution in [2.24, 2.45) is 5.92 Å². The van der Waals surface area contributed by atoms with Gasteiger partial charge in [-0.3, -0.25) is 9.59 Å². The zero-order chi connectivity index (χ0) is 19.8. The summed E-state index contributed by atoms with van der Waals surface area (Å²) in [5.74, 6) is 1.00. The van der Waals surface area contributed by atoms with E-state index in [1.165, 1.54) is 25.6 Å². The lowest BCUT2D eigenvalue weighted by Gasteiger charge is -2.11. The highest BCUT2D eigenvalue weighted by Crippen LogP contribution is 2.29. The SMILES string of the molecule is COc1ccc(OC)c(NC(=O)CCC(=O)Nc2nnc(CC(C)C)s2)c1. The molecule has 1 aromatic carbocycles. The van der Waals surface area contributed by atoms with Crippen molar-refractivity contribution < 1.29 is 19.1 Å². The lowest BCUT2D eigenvalue weighted by molar-refractivity contribution is -0.121. The Balaban J connectivity index is 1.84. The van der Waals surface area contributed by atoms with Crippen LogP contribution in [0.25, 0.3) is 0 Å². The molecule has 8 nitrogen and oxygen atoms in total. The van der Waals surface area contributed by atoms with Gasteiger partial charge < -0.3 is 20.1 Å². The molecule has 2 N–H and O–H groups in total. The third-order valence-corrected chi connectivity index (χ3v) is 4.42. The first kappa shape index (κ1) is 20.6. The van der Waals surface area contributed by atoms with Crippen molar-refractivity contribution in [3.63, 3.8) is 0 Å². The summed E-state index contributed by atoms with van der Waals surface area (Å²) in [6, 6.07) is 5.09. The van der Waals surface area contributed by atoms with Crippen molar-refractivity contribution in [3.05, 3.63) is 23.2 Å². The highest BCUT2D eigenvalue weighted by atomic mass is 32.1. The molecular weight excluding hydrogens is 368 g/mol. The minimum atomic E-state index is -0.297. The first-order chi connectivity index (χ1) is 12.9. The van der Waals surface area contributed by atoms with Crippen LogP contribution in [0.2, 0.25) is 0 Å². The predicted molar refractivity (Wildman–Crippen MR) is 104 cm³/mol. The number of hydrogen-bond acceptors (Lipinski definition) is 7. The van der Waals surface area contributed by atoms with Crippen LogP contribution in [0, 0.1) is 5.92 Å². The standard InChI is InChI=1S/C18H24N4O4S/c1-11(2)9-17-21-22-18(27-17)20-16(24)8-7-15(23)19-13-10-12(25-3)5-6-14(13)26-4/h5-6,10-11H,7-9H2,1-4H3,(H,19,23)(H,20,22,24). The second-order valence-electron chi connectivity index (χ2n) is 6.26. The Bertz CT molecular complexity index is 791. The Labute approximate surface area is 162 Å². The van der Waals surface area contributed by atoms with Crippen molar-refractivity contribution in [2.45, 2.75) is 33.1 Å². The Morgan fingerprint density at radius 3 is 2.41 bits per heavy atom. The minimum Gasteiger partial charge on any atom is -0.497 e. The second kappa shape index (κ2) is 9.86. The molecule has 146 valence electrons. The van der Waals surface area contributed by atoms with Gasteiger partial charge in [0.15, 0.2) is 0 Å². The molecule has 1 heterocycles. The Kier molecular flexibility index (Phi) is 7.54. The van der Waals surface area contributed by atoms with E-state index in [9.17, 15) is 9.59 Å². The molecule has 2 aromatic rings. The number of rotatable bonds is 9. The fourth-order valence-corrected chi connectivity index (χ4v) is 3.24. The van der Waals surface area contributed by atoms with Crippen LogP contribution in [0.5, 0.6) is 11.5 Å². The quantitative estimate of drug-likeness (QED) is 0.680. The average molecular weight is 392 g/mol. The van der Waals surface area contributed by atoms with E-state index in [0.29, 0.717) is 28.2 Å². The maximum absolute atomic E-state index is 12.1. The lowest BCUT2D eigenvalue weighted by Crippen LogP contribution is -2.17. The summed E-state index contributed by atoms with van der Waals surface area (Å²) in [4.78, 5) is 24.2. The first-order valence-corrected chi connectivity index (χ1v) is 9.37. The molecule has 0 fully saturated rings. The smallest absolute Gasteiger partial charge is 0.226 e. The maximum Gasteiger partial charge on any atom is 0.226 e. The van der Waals surface area contributed by atoms with Gasteiger partial charge in [-0.25, -0.2) is 0 Å². The maximum atomic E-state index is 12.1. The number of amides is 2. The molecule has 0 spiro atoms. The first-order valence-electron chi connectivity index (χ1n) is 8.55. The molecule has 0 atom stereocenters. The summed E-state index contributed by atoms with van der Waals surface area (Å²) < 4.78 is 10.4. The summed E-state index contributed by atoms with van der Waals surface area (Å²) >= 11 is 1.35. The number of carbonyl (C=O) groups is 2. The van der Waals surface area contributed by atoms with Crippen LogP contribution in [-0.4, -0.2) is 36.2 Å².